The Balaban J connectivity index is 1.24. The summed E-state index contributed by atoms with van der Waals surface area (Å²) in [6.07, 6.45) is 3.88. The molecule has 2 heterocycles. The van der Waals surface area contributed by atoms with E-state index in [1.807, 2.05) is 66.9 Å². The van der Waals surface area contributed by atoms with E-state index in [9.17, 15) is 14.4 Å². The van der Waals surface area contributed by atoms with E-state index in [-0.39, 0.29) is 29.5 Å². The van der Waals surface area contributed by atoms with Gasteiger partial charge < -0.3 is 20.5 Å². The van der Waals surface area contributed by atoms with Crippen LogP contribution in [0, 0.1) is 0 Å². The third-order valence-corrected chi connectivity index (χ3v) is 9.29. The van der Waals surface area contributed by atoms with Crippen LogP contribution in [0.1, 0.15) is 75.3 Å². The largest absolute Gasteiger partial charge is 0.348 e. The van der Waals surface area contributed by atoms with E-state index in [0.717, 1.165) is 36.8 Å². The zero-order valence-electron chi connectivity index (χ0n) is 23.7. The van der Waals surface area contributed by atoms with Crippen molar-refractivity contribution in [1.29, 1.82) is 0 Å². The Labute approximate surface area is 253 Å². The molecule has 0 saturated carbocycles. The molecule has 3 amide bonds. The van der Waals surface area contributed by atoms with E-state index in [4.69, 9.17) is 0 Å². The lowest BCUT2D eigenvalue weighted by Gasteiger charge is -2.15. The number of anilines is 1. The second-order valence-corrected chi connectivity index (χ2v) is 12.1. The standard InChI is InChI=1S/C31H34N6O3S2/c1-3-37-27(20(2)33-28(39)22-14-8-5-9-15-22)35-36-31(37)41-19-25(38)34-30-26(23-16-10-11-17-24(23)42-30)29(40)32-18-21-12-6-4-7-13-21/h4-9,12-15,20H,3,10-11,16-19H2,1-2H3,(H,32,40)(H,33,39)(H,34,38)/t20-/m0/s1. The number of aryl methyl sites for hydroxylation is 1. The van der Waals surface area contributed by atoms with Gasteiger partial charge in [0.2, 0.25) is 5.91 Å². The first kappa shape index (κ1) is 29.5. The molecule has 0 spiro atoms. The van der Waals surface area contributed by atoms with Crippen LogP contribution in [-0.4, -0.2) is 38.2 Å². The summed E-state index contributed by atoms with van der Waals surface area (Å²) < 4.78 is 1.90. The van der Waals surface area contributed by atoms with Gasteiger partial charge in [0.15, 0.2) is 11.0 Å². The number of aromatic nitrogens is 3. The van der Waals surface area contributed by atoms with Crippen LogP contribution in [0.5, 0.6) is 0 Å². The Morgan fingerprint density at radius 2 is 1.69 bits per heavy atom. The predicted molar refractivity (Wildman–Crippen MR) is 166 cm³/mol. The fraction of sp³-hybridized carbons (Fsp3) is 0.323. The highest BCUT2D eigenvalue weighted by atomic mass is 32.2. The van der Waals surface area contributed by atoms with Crippen LogP contribution in [0.2, 0.25) is 0 Å². The van der Waals surface area contributed by atoms with E-state index in [0.29, 0.717) is 40.2 Å². The molecule has 0 radical (unpaired) electrons. The first-order valence-corrected chi connectivity index (χ1v) is 15.9. The van der Waals surface area contributed by atoms with Crippen molar-refractivity contribution in [2.45, 2.75) is 63.8 Å². The maximum atomic E-state index is 13.3. The lowest BCUT2D eigenvalue weighted by Crippen LogP contribution is -2.28. The number of fused-ring (bicyclic) bond motifs is 1. The van der Waals surface area contributed by atoms with Crippen molar-refractivity contribution in [2.75, 3.05) is 11.1 Å². The summed E-state index contributed by atoms with van der Waals surface area (Å²) in [7, 11) is 0. The van der Waals surface area contributed by atoms with Gasteiger partial charge in [-0.25, -0.2) is 0 Å². The van der Waals surface area contributed by atoms with Gasteiger partial charge in [0.1, 0.15) is 5.00 Å². The van der Waals surface area contributed by atoms with Crippen molar-refractivity contribution in [3.63, 3.8) is 0 Å². The molecule has 2 aromatic heterocycles. The third-order valence-electron chi connectivity index (χ3n) is 7.11. The Hall–Kier alpha value is -3.96. The third kappa shape index (κ3) is 6.91. The van der Waals surface area contributed by atoms with Gasteiger partial charge in [0.05, 0.1) is 17.4 Å². The second kappa shape index (κ2) is 13.8. The highest BCUT2D eigenvalue weighted by molar-refractivity contribution is 7.99. The van der Waals surface area contributed by atoms with Gasteiger partial charge in [0.25, 0.3) is 11.8 Å². The molecule has 9 nitrogen and oxygen atoms in total. The van der Waals surface area contributed by atoms with Crippen LogP contribution in [0.4, 0.5) is 5.00 Å². The number of carbonyl (C=O) groups is 3. The van der Waals surface area contributed by atoms with E-state index in [1.165, 1.54) is 28.0 Å². The van der Waals surface area contributed by atoms with Gasteiger partial charge in [-0.1, -0.05) is 60.3 Å². The van der Waals surface area contributed by atoms with Gasteiger partial charge in [-0.2, -0.15) is 0 Å². The van der Waals surface area contributed by atoms with Gasteiger partial charge in [-0.05, 0) is 62.8 Å². The molecule has 5 rings (SSSR count). The fourth-order valence-corrected chi connectivity index (χ4v) is 7.12. The lowest BCUT2D eigenvalue weighted by molar-refractivity contribution is -0.113. The Kier molecular flexibility index (Phi) is 9.70. The Morgan fingerprint density at radius 3 is 2.43 bits per heavy atom. The molecule has 218 valence electrons. The Bertz CT molecular complexity index is 1550. The molecule has 1 aliphatic carbocycles. The number of nitrogens with one attached hydrogen (secondary N) is 3. The van der Waals surface area contributed by atoms with Crippen molar-refractivity contribution in [3.05, 3.63) is 93.6 Å². The predicted octanol–water partition coefficient (Wildman–Crippen LogP) is 5.39. The average Bonchev–Trinajstić information content (AvgIpc) is 3.60. The molecule has 0 bridgehead atoms. The number of hydrogen-bond acceptors (Lipinski definition) is 7. The number of hydrogen-bond donors (Lipinski definition) is 3. The minimum Gasteiger partial charge on any atom is -0.348 e. The van der Waals surface area contributed by atoms with Crippen molar-refractivity contribution in [3.8, 4) is 0 Å². The molecule has 3 N–H and O–H groups in total. The van der Waals surface area contributed by atoms with Crippen LogP contribution in [-0.2, 0) is 30.7 Å². The quantitative estimate of drug-likeness (QED) is 0.198. The monoisotopic (exact) mass is 602 g/mol. The first-order chi connectivity index (χ1) is 20.4. The molecular formula is C31H34N6O3S2. The van der Waals surface area contributed by atoms with Gasteiger partial charge in [0, 0.05) is 23.5 Å². The number of carbonyl (C=O) groups excluding carboxylic acids is 3. The summed E-state index contributed by atoms with van der Waals surface area (Å²) in [6, 6.07) is 18.4. The highest BCUT2D eigenvalue weighted by Gasteiger charge is 2.27. The number of thioether (sulfide) groups is 1. The zero-order valence-corrected chi connectivity index (χ0v) is 25.3. The van der Waals surface area contributed by atoms with Crippen LogP contribution in [0.15, 0.2) is 65.8 Å². The topological polar surface area (TPSA) is 118 Å². The lowest BCUT2D eigenvalue weighted by atomic mass is 9.95. The number of benzene rings is 2. The second-order valence-electron chi connectivity index (χ2n) is 10.1. The highest BCUT2D eigenvalue weighted by Crippen LogP contribution is 2.38. The van der Waals surface area contributed by atoms with E-state index in [2.05, 4.69) is 26.1 Å². The summed E-state index contributed by atoms with van der Waals surface area (Å²) in [5.74, 6) is 0.158. The van der Waals surface area contributed by atoms with Crippen LogP contribution in [0.25, 0.3) is 0 Å². The van der Waals surface area contributed by atoms with Crippen molar-refractivity contribution >= 4 is 45.8 Å². The van der Waals surface area contributed by atoms with Crippen molar-refractivity contribution in [1.82, 2.24) is 25.4 Å². The molecular weight excluding hydrogens is 569 g/mol. The Morgan fingerprint density at radius 1 is 0.976 bits per heavy atom. The molecule has 11 heteroatoms. The molecule has 1 atom stereocenters. The molecule has 0 unspecified atom stereocenters. The summed E-state index contributed by atoms with van der Waals surface area (Å²) >= 11 is 2.78. The molecule has 42 heavy (non-hydrogen) atoms. The van der Waals surface area contributed by atoms with E-state index < -0.39 is 0 Å². The van der Waals surface area contributed by atoms with Gasteiger partial charge in [-0.3, -0.25) is 14.4 Å². The summed E-state index contributed by atoms with van der Waals surface area (Å²) in [5.41, 5.74) is 3.24. The molecule has 0 fully saturated rings. The number of amides is 3. The number of nitrogens with zero attached hydrogens (tertiary/aromatic N) is 3. The molecule has 0 aliphatic heterocycles. The molecule has 2 aromatic carbocycles. The zero-order chi connectivity index (χ0) is 29.5. The number of thiophene rings is 1. The van der Waals surface area contributed by atoms with E-state index in [1.54, 1.807) is 12.1 Å². The fourth-order valence-electron chi connectivity index (χ4n) is 5.01. The summed E-state index contributed by atoms with van der Waals surface area (Å²) in [4.78, 5) is 40.3. The SMILES string of the molecule is CCn1c(SCC(=O)Nc2sc3c(c2C(=O)NCc2ccccc2)CCCC3)nnc1[C@H](C)NC(=O)c1ccccc1. The van der Waals surface area contributed by atoms with Crippen LogP contribution in [0.3, 0.4) is 0 Å². The van der Waals surface area contributed by atoms with Gasteiger partial charge >= 0.3 is 0 Å². The average molecular weight is 603 g/mol. The van der Waals surface area contributed by atoms with Crippen LogP contribution >= 0.6 is 23.1 Å². The first-order valence-electron chi connectivity index (χ1n) is 14.1. The molecule has 1 aliphatic rings. The minimum absolute atomic E-state index is 0.108. The summed E-state index contributed by atoms with van der Waals surface area (Å²) in [5, 5.41) is 18.8. The molecule has 0 saturated heterocycles. The summed E-state index contributed by atoms with van der Waals surface area (Å²) in [6.45, 7) is 4.84. The van der Waals surface area contributed by atoms with Crippen molar-refractivity contribution < 1.29 is 14.4 Å². The van der Waals surface area contributed by atoms with Crippen molar-refractivity contribution in [2.24, 2.45) is 0 Å². The smallest absolute Gasteiger partial charge is 0.254 e. The maximum absolute atomic E-state index is 13.3. The molecule has 4 aromatic rings. The minimum atomic E-state index is -0.372. The normalized spacial score (nSPS) is 13.2. The van der Waals surface area contributed by atoms with Gasteiger partial charge in [-0.15, -0.1) is 21.5 Å². The maximum Gasteiger partial charge on any atom is 0.254 e. The number of rotatable bonds is 11. The van der Waals surface area contributed by atoms with E-state index >= 15 is 0 Å². The van der Waals surface area contributed by atoms with Crippen LogP contribution < -0.4 is 16.0 Å².